The molecular formula is C15H16ClNO. The molecule has 2 nitrogen and oxygen atoms in total. The summed E-state index contributed by atoms with van der Waals surface area (Å²) in [4.78, 5) is 12.0. The summed E-state index contributed by atoms with van der Waals surface area (Å²) in [7, 11) is 0. The van der Waals surface area contributed by atoms with Crippen LogP contribution >= 0.6 is 11.6 Å². The molecule has 1 N–H and O–H groups in total. The van der Waals surface area contributed by atoms with Crippen LogP contribution in [-0.4, -0.2) is 5.91 Å². The summed E-state index contributed by atoms with van der Waals surface area (Å²) in [6.07, 6.45) is 8.43. The average molecular weight is 262 g/mol. The number of rotatable bonds is 1. The largest absolute Gasteiger partial charge is 0.321 e. The molecule has 0 unspecified atom stereocenters. The zero-order valence-corrected chi connectivity index (χ0v) is 11.0. The monoisotopic (exact) mass is 261 g/mol. The second-order valence-electron chi connectivity index (χ2n) is 5.12. The highest BCUT2D eigenvalue weighted by Gasteiger charge is 2.25. The van der Waals surface area contributed by atoms with E-state index in [1.807, 2.05) is 18.2 Å². The molecule has 1 aromatic rings. The number of anilines is 1. The van der Waals surface area contributed by atoms with Gasteiger partial charge in [0.2, 0.25) is 0 Å². The van der Waals surface area contributed by atoms with Crippen LogP contribution in [0.25, 0.3) is 5.57 Å². The van der Waals surface area contributed by atoms with Crippen molar-refractivity contribution in [2.75, 3.05) is 5.32 Å². The maximum absolute atomic E-state index is 12.0. The summed E-state index contributed by atoms with van der Waals surface area (Å²) >= 11 is 6.01. The highest BCUT2D eigenvalue weighted by molar-refractivity contribution is 6.34. The van der Waals surface area contributed by atoms with Crippen LogP contribution in [0.5, 0.6) is 0 Å². The Morgan fingerprint density at radius 3 is 2.78 bits per heavy atom. The second-order valence-corrected chi connectivity index (χ2v) is 5.56. The molecule has 1 saturated carbocycles. The van der Waals surface area contributed by atoms with E-state index >= 15 is 0 Å². The average Bonchev–Trinajstić information content (AvgIpc) is 2.67. The number of carbonyl (C=O) groups is 1. The van der Waals surface area contributed by atoms with Gasteiger partial charge in [-0.2, -0.15) is 0 Å². The highest BCUT2D eigenvalue weighted by Crippen LogP contribution is 2.36. The molecule has 1 fully saturated rings. The lowest BCUT2D eigenvalue weighted by Crippen LogP contribution is -2.08. The molecule has 94 valence electrons. The Labute approximate surface area is 112 Å². The van der Waals surface area contributed by atoms with E-state index in [1.165, 1.54) is 32.1 Å². The Hall–Kier alpha value is -1.28. The Kier molecular flexibility index (Phi) is 3.13. The van der Waals surface area contributed by atoms with Gasteiger partial charge in [-0.1, -0.05) is 36.9 Å². The number of nitrogens with one attached hydrogen (secondary N) is 1. The third-order valence-corrected chi connectivity index (χ3v) is 4.05. The molecule has 3 rings (SSSR count). The topological polar surface area (TPSA) is 29.1 Å². The van der Waals surface area contributed by atoms with E-state index in [1.54, 1.807) is 0 Å². The van der Waals surface area contributed by atoms with Gasteiger partial charge in [-0.3, -0.25) is 4.79 Å². The molecule has 1 heterocycles. The van der Waals surface area contributed by atoms with Gasteiger partial charge in [-0.15, -0.1) is 0 Å². The Bertz CT molecular complexity index is 515. The van der Waals surface area contributed by atoms with Crippen molar-refractivity contribution >= 4 is 28.8 Å². The first-order valence-electron chi connectivity index (χ1n) is 6.57. The van der Waals surface area contributed by atoms with Crippen molar-refractivity contribution in [2.45, 2.75) is 32.1 Å². The van der Waals surface area contributed by atoms with Gasteiger partial charge in [0.1, 0.15) is 0 Å². The first-order valence-corrected chi connectivity index (χ1v) is 6.95. The maximum Gasteiger partial charge on any atom is 0.256 e. The van der Waals surface area contributed by atoms with Crippen LogP contribution in [0.1, 0.15) is 37.7 Å². The maximum atomic E-state index is 12.0. The molecule has 1 aliphatic heterocycles. The first-order chi connectivity index (χ1) is 8.74. The quantitative estimate of drug-likeness (QED) is 0.752. The fourth-order valence-corrected chi connectivity index (χ4v) is 3.03. The van der Waals surface area contributed by atoms with Crippen molar-refractivity contribution in [3.8, 4) is 0 Å². The van der Waals surface area contributed by atoms with Crippen LogP contribution < -0.4 is 5.32 Å². The summed E-state index contributed by atoms with van der Waals surface area (Å²) < 4.78 is 0. The van der Waals surface area contributed by atoms with E-state index in [9.17, 15) is 4.79 Å². The van der Waals surface area contributed by atoms with Gasteiger partial charge in [0.05, 0.1) is 0 Å². The fourth-order valence-electron chi connectivity index (χ4n) is 2.86. The first kappa shape index (κ1) is 11.8. The zero-order valence-electron chi connectivity index (χ0n) is 10.2. The van der Waals surface area contributed by atoms with E-state index < -0.39 is 0 Å². The minimum atomic E-state index is 0.0119. The number of hydrogen-bond acceptors (Lipinski definition) is 1. The molecule has 3 heteroatoms. The standard InChI is InChI=1S/C15H16ClNO/c16-11-6-7-14-12(9-11)13(15(18)17-14)8-10-4-2-1-3-5-10/h6-10H,1-5H2,(H,17,18). The summed E-state index contributed by atoms with van der Waals surface area (Å²) in [5.74, 6) is 0.558. The van der Waals surface area contributed by atoms with Crippen LogP contribution in [0.15, 0.2) is 24.3 Å². The number of benzene rings is 1. The highest BCUT2D eigenvalue weighted by atomic mass is 35.5. The van der Waals surface area contributed by atoms with E-state index in [0.717, 1.165) is 16.8 Å². The van der Waals surface area contributed by atoms with Gasteiger partial charge in [0.15, 0.2) is 0 Å². The summed E-state index contributed by atoms with van der Waals surface area (Å²) in [6, 6.07) is 5.56. The molecule has 0 spiro atoms. The van der Waals surface area contributed by atoms with Crippen molar-refractivity contribution in [3.63, 3.8) is 0 Å². The van der Waals surface area contributed by atoms with Crippen LogP contribution in [-0.2, 0) is 4.79 Å². The molecule has 1 amide bonds. The van der Waals surface area contributed by atoms with Crippen LogP contribution in [0.3, 0.4) is 0 Å². The third-order valence-electron chi connectivity index (χ3n) is 3.82. The second kappa shape index (κ2) is 4.77. The number of halogens is 1. The van der Waals surface area contributed by atoms with Crippen LogP contribution in [0.4, 0.5) is 5.69 Å². The van der Waals surface area contributed by atoms with E-state index in [2.05, 4.69) is 11.4 Å². The summed E-state index contributed by atoms with van der Waals surface area (Å²) in [5, 5.41) is 3.58. The minimum Gasteiger partial charge on any atom is -0.321 e. The van der Waals surface area contributed by atoms with Gasteiger partial charge in [0, 0.05) is 21.8 Å². The number of carbonyl (C=O) groups excluding carboxylic acids is 1. The van der Waals surface area contributed by atoms with Crippen molar-refractivity contribution in [3.05, 3.63) is 34.9 Å². The van der Waals surface area contributed by atoms with Crippen LogP contribution in [0, 0.1) is 5.92 Å². The van der Waals surface area contributed by atoms with E-state index in [0.29, 0.717) is 10.9 Å². The normalized spacial score (nSPS) is 22.1. The van der Waals surface area contributed by atoms with Crippen molar-refractivity contribution in [1.29, 1.82) is 0 Å². The Morgan fingerprint density at radius 2 is 2.00 bits per heavy atom. The van der Waals surface area contributed by atoms with Gasteiger partial charge in [-0.05, 0) is 37.0 Å². The van der Waals surface area contributed by atoms with Crippen molar-refractivity contribution in [1.82, 2.24) is 0 Å². The zero-order chi connectivity index (χ0) is 12.5. The van der Waals surface area contributed by atoms with Gasteiger partial charge in [-0.25, -0.2) is 0 Å². The summed E-state index contributed by atoms with van der Waals surface area (Å²) in [5.41, 5.74) is 2.64. The van der Waals surface area contributed by atoms with Crippen LogP contribution in [0.2, 0.25) is 5.02 Å². The molecule has 0 saturated heterocycles. The molecule has 0 atom stereocenters. The molecule has 0 bridgehead atoms. The molecule has 0 aromatic heterocycles. The smallest absolute Gasteiger partial charge is 0.256 e. The lowest BCUT2D eigenvalue weighted by atomic mass is 9.87. The predicted molar refractivity (Wildman–Crippen MR) is 74.6 cm³/mol. The molecular weight excluding hydrogens is 246 g/mol. The minimum absolute atomic E-state index is 0.0119. The number of allylic oxidation sites excluding steroid dienone is 1. The van der Waals surface area contributed by atoms with E-state index in [4.69, 9.17) is 11.6 Å². The SMILES string of the molecule is O=C1Nc2ccc(Cl)cc2C1=CC1CCCCC1. The fraction of sp³-hybridized carbons (Fsp3) is 0.400. The predicted octanol–water partition coefficient (Wildman–Crippen LogP) is 4.26. The lowest BCUT2D eigenvalue weighted by molar-refractivity contribution is -0.110. The van der Waals surface area contributed by atoms with Gasteiger partial charge >= 0.3 is 0 Å². The Balaban J connectivity index is 1.95. The number of fused-ring (bicyclic) bond motifs is 1. The number of hydrogen-bond donors (Lipinski definition) is 1. The van der Waals surface area contributed by atoms with Gasteiger partial charge in [0.25, 0.3) is 5.91 Å². The number of amides is 1. The Morgan fingerprint density at radius 1 is 1.22 bits per heavy atom. The lowest BCUT2D eigenvalue weighted by Gasteiger charge is -2.18. The van der Waals surface area contributed by atoms with Gasteiger partial charge < -0.3 is 5.32 Å². The third kappa shape index (κ3) is 2.17. The molecule has 1 aromatic carbocycles. The summed E-state index contributed by atoms with van der Waals surface area (Å²) in [6.45, 7) is 0. The molecule has 18 heavy (non-hydrogen) atoms. The molecule has 1 aliphatic carbocycles. The molecule has 2 aliphatic rings. The van der Waals surface area contributed by atoms with Crippen molar-refractivity contribution < 1.29 is 4.79 Å². The van der Waals surface area contributed by atoms with E-state index in [-0.39, 0.29) is 5.91 Å². The molecule has 0 radical (unpaired) electrons. The van der Waals surface area contributed by atoms with Crippen molar-refractivity contribution in [2.24, 2.45) is 5.92 Å².